The monoisotopic (exact) mass is 421 g/mol. The van der Waals surface area contributed by atoms with E-state index < -0.39 is 0 Å². The van der Waals surface area contributed by atoms with Crippen LogP contribution in [0.15, 0.2) is 57.0 Å². The first-order valence-corrected chi connectivity index (χ1v) is 9.80. The van der Waals surface area contributed by atoms with Gasteiger partial charge in [-0.05, 0) is 36.4 Å². The molecule has 7 heteroatoms. The number of morpholine rings is 1. The van der Waals surface area contributed by atoms with E-state index in [9.17, 15) is 4.79 Å². The fourth-order valence-electron chi connectivity index (χ4n) is 2.51. The molecule has 0 bridgehead atoms. The Labute approximate surface area is 160 Å². The average Bonchev–Trinajstić information content (AvgIpc) is 2.65. The van der Waals surface area contributed by atoms with Gasteiger partial charge in [0.1, 0.15) is 5.03 Å². The molecule has 2 heterocycles. The molecule has 0 radical (unpaired) electrons. The van der Waals surface area contributed by atoms with Gasteiger partial charge >= 0.3 is 0 Å². The number of aromatic nitrogens is 1. The van der Waals surface area contributed by atoms with Crippen LogP contribution in [0.3, 0.4) is 0 Å². The molecular weight excluding hydrogens is 402 g/mol. The fraction of sp³-hybridized carbons (Fsp3) is 0.333. The Hall–Kier alpha value is -1.41. The second-order valence-electron chi connectivity index (χ2n) is 5.62. The van der Waals surface area contributed by atoms with E-state index in [2.05, 4.69) is 31.1 Å². The number of rotatable bonds is 6. The Morgan fingerprint density at radius 2 is 2.00 bits per heavy atom. The van der Waals surface area contributed by atoms with E-state index in [1.807, 2.05) is 30.3 Å². The second kappa shape index (κ2) is 9.33. The highest BCUT2D eigenvalue weighted by molar-refractivity contribution is 9.10. The van der Waals surface area contributed by atoms with Crippen LogP contribution in [0.5, 0.6) is 0 Å². The van der Waals surface area contributed by atoms with Gasteiger partial charge in [0.05, 0.1) is 18.8 Å². The van der Waals surface area contributed by atoms with E-state index >= 15 is 0 Å². The van der Waals surface area contributed by atoms with Gasteiger partial charge < -0.3 is 10.1 Å². The maximum atomic E-state index is 12.5. The van der Waals surface area contributed by atoms with Gasteiger partial charge in [0.15, 0.2) is 0 Å². The standard InChI is InChI=1S/C18H20BrN3O2S/c19-14-3-5-15(6-4-14)25-18-16(2-1-7-21-18)17(23)20-8-9-22-10-12-24-13-11-22/h1-7H,8-13H2,(H,20,23). The molecule has 0 unspecified atom stereocenters. The third-order valence-electron chi connectivity index (χ3n) is 3.86. The Bertz CT molecular complexity index is 706. The maximum Gasteiger partial charge on any atom is 0.254 e. The van der Waals surface area contributed by atoms with Gasteiger partial charge in [0.2, 0.25) is 0 Å². The smallest absolute Gasteiger partial charge is 0.254 e. The van der Waals surface area contributed by atoms with Crippen LogP contribution in [0, 0.1) is 0 Å². The van der Waals surface area contributed by atoms with Gasteiger partial charge in [-0.2, -0.15) is 0 Å². The lowest BCUT2D eigenvalue weighted by molar-refractivity contribution is 0.0383. The second-order valence-corrected chi connectivity index (χ2v) is 7.60. The molecule has 25 heavy (non-hydrogen) atoms. The van der Waals surface area contributed by atoms with E-state index in [0.29, 0.717) is 17.1 Å². The van der Waals surface area contributed by atoms with Crippen molar-refractivity contribution in [1.82, 2.24) is 15.2 Å². The van der Waals surface area contributed by atoms with Gasteiger partial charge in [-0.25, -0.2) is 4.98 Å². The number of hydrogen-bond donors (Lipinski definition) is 1. The van der Waals surface area contributed by atoms with Crippen molar-refractivity contribution in [3.05, 3.63) is 52.6 Å². The number of nitrogens with one attached hydrogen (secondary N) is 1. The molecule has 1 saturated heterocycles. The van der Waals surface area contributed by atoms with Crippen LogP contribution in [0.4, 0.5) is 0 Å². The largest absolute Gasteiger partial charge is 0.379 e. The van der Waals surface area contributed by atoms with E-state index in [1.165, 1.54) is 11.8 Å². The number of amides is 1. The van der Waals surface area contributed by atoms with Crippen LogP contribution in [-0.2, 0) is 4.74 Å². The maximum absolute atomic E-state index is 12.5. The quantitative estimate of drug-likeness (QED) is 0.776. The summed E-state index contributed by atoms with van der Waals surface area (Å²) < 4.78 is 6.36. The first kappa shape index (κ1) is 18.4. The summed E-state index contributed by atoms with van der Waals surface area (Å²) >= 11 is 4.92. The third kappa shape index (κ3) is 5.54. The number of benzene rings is 1. The lowest BCUT2D eigenvalue weighted by Crippen LogP contribution is -2.41. The molecule has 0 aliphatic carbocycles. The molecule has 1 aromatic heterocycles. The van der Waals surface area contributed by atoms with Crippen molar-refractivity contribution in [1.29, 1.82) is 0 Å². The average molecular weight is 422 g/mol. The van der Waals surface area contributed by atoms with Crippen molar-refractivity contribution in [2.24, 2.45) is 0 Å². The SMILES string of the molecule is O=C(NCCN1CCOCC1)c1cccnc1Sc1ccc(Br)cc1. The highest BCUT2D eigenvalue weighted by atomic mass is 79.9. The number of ether oxygens (including phenoxy) is 1. The van der Waals surface area contributed by atoms with E-state index in [4.69, 9.17) is 4.74 Å². The van der Waals surface area contributed by atoms with Gasteiger partial charge in [0, 0.05) is 41.7 Å². The lowest BCUT2D eigenvalue weighted by Gasteiger charge is -2.26. The summed E-state index contributed by atoms with van der Waals surface area (Å²) in [6.07, 6.45) is 1.71. The number of pyridine rings is 1. The van der Waals surface area contributed by atoms with E-state index in [1.54, 1.807) is 12.3 Å². The number of halogens is 1. The van der Waals surface area contributed by atoms with Crippen LogP contribution >= 0.6 is 27.7 Å². The van der Waals surface area contributed by atoms with Crippen LogP contribution in [-0.4, -0.2) is 55.2 Å². The molecular formula is C18H20BrN3O2S. The van der Waals surface area contributed by atoms with Gasteiger partial charge in [-0.1, -0.05) is 27.7 Å². The molecule has 1 aliphatic heterocycles. The normalized spacial score (nSPS) is 15.1. The van der Waals surface area contributed by atoms with Crippen LogP contribution < -0.4 is 5.32 Å². The highest BCUT2D eigenvalue weighted by Gasteiger charge is 2.14. The molecule has 3 rings (SSSR count). The minimum atomic E-state index is -0.0824. The van der Waals surface area contributed by atoms with Crippen LogP contribution in [0.2, 0.25) is 0 Å². The molecule has 0 saturated carbocycles. The highest BCUT2D eigenvalue weighted by Crippen LogP contribution is 2.29. The van der Waals surface area contributed by atoms with Crippen LogP contribution in [0.1, 0.15) is 10.4 Å². The molecule has 132 valence electrons. The van der Waals surface area contributed by atoms with Gasteiger partial charge in [-0.3, -0.25) is 9.69 Å². The topological polar surface area (TPSA) is 54.5 Å². The summed E-state index contributed by atoms with van der Waals surface area (Å²) in [5.74, 6) is -0.0824. The first-order chi connectivity index (χ1) is 12.2. The Balaban J connectivity index is 1.59. The van der Waals surface area contributed by atoms with Crippen molar-refractivity contribution in [3.8, 4) is 0 Å². The minimum absolute atomic E-state index is 0.0824. The zero-order valence-electron chi connectivity index (χ0n) is 13.8. The van der Waals surface area contributed by atoms with Crippen molar-refractivity contribution >= 4 is 33.6 Å². The van der Waals surface area contributed by atoms with E-state index in [0.717, 1.165) is 42.2 Å². The van der Waals surface area contributed by atoms with E-state index in [-0.39, 0.29) is 5.91 Å². The van der Waals surface area contributed by atoms with Crippen molar-refractivity contribution in [2.75, 3.05) is 39.4 Å². The molecule has 1 aromatic carbocycles. The number of hydrogen-bond acceptors (Lipinski definition) is 5. The Kier molecular flexibility index (Phi) is 6.86. The summed E-state index contributed by atoms with van der Waals surface area (Å²) in [4.78, 5) is 20.3. The number of nitrogens with zero attached hydrogens (tertiary/aromatic N) is 2. The molecule has 1 aliphatic rings. The molecule has 1 N–H and O–H groups in total. The molecule has 1 amide bonds. The lowest BCUT2D eigenvalue weighted by atomic mass is 10.2. The molecule has 5 nitrogen and oxygen atoms in total. The summed E-state index contributed by atoms with van der Waals surface area (Å²) in [7, 11) is 0. The Morgan fingerprint density at radius 1 is 1.24 bits per heavy atom. The molecule has 2 aromatic rings. The number of carbonyl (C=O) groups excluding carboxylic acids is 1. The predicted molar refractivity (Wildman–Crippen MR) is 102 cm³/mol. The molecule has 1 fully saturated rings. The van der Waals surface area contributed by atoms with Crippen molar-refractivity contribution in [2.45, 2.75) is 9.92 Å². The fourth-order valence-corrected chi connectivity index (χ4v) is 3.65. The summed E-state index contributed by atoms with van der Waals surface area (Å²) in [5, 5.41) is 3.72. The summed E-state index contributed by atoms with van der Waals surface area (Å²) in [6, 6.07) is 11.6. The first-order valence-electron chi connectivity index (χ1n) is 8.19. The summed E-state index contributed by atoms with van der Waals surface area (Å²) in [6.45, 7) is 4.84. The van der Waals surface area contributed by atoms with Crippen LogP contribution in [0.25, 0.3) is 0 Å². The van der Waals surface area contributed by atoms with Crippen molar-refractivity contribution < 1.29 is 9.53 Å². The molecule has 0 spiro atoms. The van der Waals surface area contributed by atoms with Gasteiger partial charge in [-0.15, -0.1) is 0 Å². The Morgan fingerprint density at radius 3 is 2.76 bits per heavy atom. The molecule has 0 atom stereocenters. The van der Waals surface area contributed by atoms with Gasteiger partial charge in [0.25, 0.3) is 5.91 Å². The third-order valence-corrected chi connectivity index (χ3v) is 5.42. The predicted octanol–water partition coefficient (Wildman–Crippen LogP) is 3.06. The minimum Gasteiger partial charge on any atom is -0.379 e. The zero-order valence-corrected chi connectivity index (χ0v) is 16.2. The number of carbonyl (C=O) groups is 1. The zero-order chi connectivity index (χ0) is 17.5. The van der Waals surface area contributed by atoms with Crippen molar-refractivity contribution in [3.63, 3.8) is 0 Å². The summed E-state index contributed by atoms with van der Waals surface area (Å²) in [5.41, 5.74) is 0.609.